The van der Waals surface area contributed by atoms with Crippen LogP contribution in [-0.4, -0.2) is 29.2 Å². The van der Waals surface area contributed by atoms with Crippen molar-refractivity contribution in [2.75, 3.05) is 11.9 Å². The largest absolute Gasteiger partial charge is 0.347 e. The van der Waals surface area contributed by atoms with E-state index >= 15 is 0 Å². The molecule has 0 N–H and O–H groups in total. The van der Waals surface area contributed by atoms with Crippen molar-refractivity contribution in [2.45, 2.75) is 19.0 Å². The number of amides is 1. The zero-order chi connectivity index (χ0) is 19.5. The maximum absolute atomic E-state index is 11.6. The van der Waals surface area contributed by atoms with Crippen LogP contribution in [0.3, 0.4) is 0 Å². The van der Waals surface area contributed by atoms with Gasteiger partial charge < -0.3 is 4.90 Å². The van der Waals surface area contributed by atoms with E-state index in [1.54, 1.807) is 0 Å². The van der Waals surface area contributed by atoms with Crippen molar-refractivity contribution in [3.05, 3.63) is 81.8 Å². The number of hydrogen-bond acceptors (Lipinski definition) is 5. The first-order chi connectivity index (χ1) is 13.7. The van der Waals surface area contributed by atoms with E-state index in [0.29, 0.717) is 11.6 Å². The molecular formula is C21H19ClN4OS. The highest BCUT2D eigenvalue weighted by Gasteiger charge is 2.32. The molecule has 5 nitrogen and oxygen atoms in total. The van der Waals surface area contributed by atoms with Gasteiger partial charge in [0.2, 0.25) is 6.41 Å². The average molecular weight is 411 g/mol. The van der Waals surface area contributed by atoms with E-state index in [4.69, 9.17) is 11.6 Å². The van der Waals surface area contributed by atoms with E-state index in [-0.39, 0.29) is 6.04 Å². The molecule has 3 aromatic rings. The number of thiazole rings is 1. The Kier molecular flexibility index (Phi) is 5.41. The second-order valence-electron chi connectivity index (χ2n) is 6.61. The summed E-state index contributed by atoms with van der Waals surface area (Å²) in [6.07, 6.45) is 1.37. The highest BCUT2D eigenvalue weighted by atomic mass is 35.5. The molecule has 4 rings (SSSR count). The zero-order valence-electron chi connectivity index (χ0n) is 15.3. The first kappa shape index (κ1) is 18.7. The average Bonchev–Trinajstić information content (AvgIpc) is 3.32. The van der Waals surface area contributed by atoms with Crippen LogP contribution in [0, 0.1) is 0 Å². The summed E-state index contributed by atoms with van der Waals surface area (Å²) in [6.45, 7) is 0.734. The Balaban J connectivity index is 1.55. The van der Waals surface area contributed by atoms with Crippen molar-refractivity contribution in [1.29, 1.82) is 0 Å². The quantitative estimate of drug-likeness (QED) is 0.551. The monoisotopic (exact) mass is 410 g/mol. The van der Waals surface area contributed by atoms with E-state index < -0.39 is 0 Å². The fourth-order valence-electron chi connectivity index (χ4n) is 3.24. The topological polar surface area (TPSA) is 48.8 Å². The molecule has 142 valence electrons. The van der Waals surface area contributed by atoms with Crippen LogP contribution in [0.2, 0.25) is 5.15 Å². The maximum Gasteiger partial charge on any atom is 0.230 e. The molecule has 1 amide bonds. The molecule has 1 aliphatic rings. The van der Waals surface area contributed by atoms with Gasteiger partial charge in [0, 0.05) is 20.0 Å². The number of nitrogens with zero attached hydrogens (tertiary/aromatic N) is 4. The Hall–Kier alpha value is -2.70. The van der Waals surface area contributed by atoms with Gasteiger partial charge in [0.15, 0.2) is 5.13 Å². The number of carbonyl (C=O) groups excluding carboxylic acids is 1. The first-order valence-corrected chi connectivity index (χ1v) is 10.1. The van der Waals surface area contributed by atoms with Gasteiger partial charge in [0.05, 0.1) is 16.6 Å². The van der Waals surface area contributed by atoms with Crippen LogP contribution in [0.4, 0.5) is 5.13 Å². The summed E-state index contributed by atoms with van der Waals surface area (Å²) < 4.78 is 0. The normalized spacial score (nSPS) is 16.1. The van der Waals surface area contributed by atoms with Crippen LogP contribution in [-0.2, 0) is 11.3 Å². The van der Waals surface area contributed by atoms with Gasteiger partial charge in [-0.3, -0.25) is 4.79 Å². The van der Waals surface area contributed by atoms with Crippen LogP contribution < -0.4 is 4.90 Å². The molecule has 1 unspecified atom stereocenters. The van der Waals surface area contributed by atoms with Crippen LogP contribution in [0.5, 0.6) is 0 Å². The Morgan fingerprint density at radius 3 is 2.54 bits per heavy atom. The molecule has 2 aromatic carbocycles. The molecule has 0 saturated carbocycles. The minimum absolute atomic E-state index is 0.225. The van der Waals surface area contributed by atoms with E-state index in [1.807, 2.05) is 55.6 Å². The summed E-state index contributed by atoms with van der Waals surface area (Å²) in [4.78, 5) is 19.1. The van der Waals surface area contributed by atoms with Crippen LogP contribution in [0.15, 0.2) is 65.8 Å². The Morgan fingerprint density at radius 1 is 1.18 bits per heavy atom. The van der Waals surface area contributed by atoms with Crippen molar-refractivity contribution in [2.24, 2.45) is 5.10 Å². The van der Waals surface area contributed by atoms with Crippen molar-refractivity contribution in [1.82, 2.24) is 9.99 Å². The number of hydrogen-bond donors (Lipinski definition) is 0. The van der Waals surface area contributed by atoms with E-state index in [9.17, 15) is 4.79 Å². The Labute approximate surface area is 172 Å². The van der Waals surface area contributed by atoms with Gasteiger partial charge in [-0.1, -0.05) is 83.6 Å². The lowest BCUT2D eigenvalue weighted by Crippen LogP contribution is -2.16. The van der Waals surface area contributed by atoms with Gasteiger partial charge in [0.1, 0.15) is 5.15 Å². The standard InChI is InChI=1S/C21H19ClN4OS/c1-25(13-15-8-4-2-5-9-15)21-23-20(22)19(28-21)18-12-17(24-26(18)14-27)16-10-6-3-7-11-16/h2-11,14,18H,12-13H2,1H3. The second kappa shape index (κ2) is 8.12. The number of halogens is 1. The first-order valence-electron chi connectivity index (χ1n) is 8.93. The highest BCUT2D eigenvalue weighted by molar-refractivity contribution is 7.16. The molecule has 0 saturated heterocycles. The predicted molar refractivity (Wildman–Crippen MR) is 114 cm³/mol. The summed E-state index contributed by atoms with van der Waals surface area (Å²) in [7, 11) is 1.99. The molecule has 0 fully saturated rings. The van der Waals surface area contributed by atoms with E-state index in [0.717, 1.165) is 34.2 Å². The summed E-state index contributed by atoms with van der Waals surface area (Å²) in [5, 5.41) is 7.19. The molecule has 28 heavy (non-hydrogen) atoms. The van der Waals surface area contributed by atoms with E-state index in [2.05, 4.69) is 27.1 Å². The maximum atomic E-state index is 11.6. The smallest absolute Gasteiger partial charge is 0.230 e. The third-order valence-electron chi connectivity index (χ3n) is 4.65. The Bertz CT molecular complexity index is 990. The lowest BCUT2D eigenvalue weighted by molar-refractivity contribution is -0.119. The van der Waals surface area contributed by atoms with E-state index in [1.165, 1.54) is 21.9 Å². The second-order valence-corrected chi connectivity index (χ2v) is 7.98. The van der Waals surface area contributed by atoms with Crippen LogP contribution in [0.25, 0.3) is 0 Å². The Morgan fingerprint density at radius 2 is 1.86 bits per heavy atom. The van der Waals surface area contributed by atoms with Crippen molar-refractivity contribution >= 4 is 40.2 Å². The number of anilines is 1. The lowest BCUT2D eigenvalue weighted by atomic mass is 10.0. The molecule has 0 radical (unpaired) electrons. The summed E-state index contributed by atoms with van der Waals surface area (Å²) >= 11 is 7.98. The number of aromatic nitrogens is 1. The minimum Gasteiger partial charge on any atom is -0.347 e. The molecular weight excluding hydrogens is 392 g/mol. The van der Waals surface area contributed by atoms with Gasteiger partial charge in [-0.05, 0) is 11.1 Å². The number of hydrazone groups is 1. The van der Waals surface area contributed by atoms with Crippen molar-refractivity contribution in [3.63, 3.8) is 0 Å². The molecule has 0 bridgehead atoms. The lowest BCUT2D eigenvalue weighted by Gasteiger charge is -2.16. The van der Waals surface area contributed by atoms with Crippen molar-refractivity contribution < 1.29 is 4.79 Å². The molecule has 1 aromatic heterocycles. The van der Waals surface area contributed by atoms with Gasteiger partial charge in [-0.15, -0.1) is 0 Å². The third kappa shape index (κ3) is 3.79. The molecule has 2 heterocycles. The highest BCUT2D eigenvalue weighted by Crippen LogP contribution is 2.41. The number of carbonyl (C=O) groups is 1. The molecule has 0 spiro atoms. The minimum atomic E-state index is -0.225. The molecule has 1 atom stereocenters. The summed E-state index contributed by atoms with van der Waals surface area (Å²) in [5.41, 5.74) is 3.09. The fraction of sp³-hybridized carbons (Fsp3) is 0.190. The molecule has 7 heteroatoms. The van der Waals surface area contributed by atoms with Crippen LogP contribution >= 0.6 is 22.9 Å². The summed E-state index contributed by atoms with van der Waals surface area (Å²) in [6, 6.07) is 19.9. The van der Waals surface area contributed by atoms with Gasteiger partial charge in [0.25, 0.3) is 0 Å². The van der Waals surface area contributed by atoms with Gasteiger partial charge >= 0.3 is 0 Å². The zero-order valence-corrected chi connectivity index (χ0v) is 16.9. The molecule has 0 aliphatic carbocycles. The summed E-state index contributed by atoms with van der Waals surface area (Å²) in [5.74, 6) is 0. The number of rotatable bonds is 6. The van der Waals surface area contributed by atoms with Gasteiger partial charge in [-0.2, -0.15) is 5.10 Å². The molecule has 1 aliphatic heterocycles. The van der Waals surface area contributed by atoms with Gasteiger partial charge in [-0.25, -0.2) is 9.99 Å². The fourth-order valence-corrected chi connectivity index (χ4v) is 4.62. The van der Waals surface area contributed by atoms with Crippen LogP contribution in [0.1, 0.15) is 28.5 Å². The SMILES string of the molecule is CN(Cc1ccccc1)c1nc(Cl)c(C2CC(c3ccccc3)=NN2C=O)s1. The van der Waals surface area contributed by atoms with Crippen molar-refractivity contribution in [3.8, 4) is 0 Å². The predicted octanol–water partition coefficient (Wildman–Crippen LogP) is 4.74. The number of benzene rings is 2. The third-order valence-corrected chi connectivity index (χ3v) is 6.32.